The van der Waals surface area contributed by atoms with Gasteiger partial charge in [0.15, 0.2) is 5.69 Å². The lowest BCUT2D eigenvalue weighted by Gasteiger charge is -2.27. The third-order valence-electron chi connectivity index (χ3n) is 8.50. The van der Waals surface area contributed by atoms with E-state index < -0.39 is 22.8 Å². The summed E-state index contributed by atoms with van der Waals surface area (Å²) in [5.41, 5.74) is 5.26. The molecule has 0 fully saturated rings. The second kappa shape index (κ2) is 17.7. The van der Waals surface area contributed by atoms with Crippen LogP contribution in [0.25, 0.3) is 17.3 Å². The van der Waals surface area contributed by atoms with Crippen molar-refractivity contribution in [2.24, 2.45) is 5.41 Å². The van der Waals surface area contributed by atoms with Gasteiger partial charge in [-0.1, -0.05) is 74.3 Å². The fourth-order valence-electron chi connectivity index (χ4n) is 5.44. The Labute approximate surface area is 309 Å². The molecule has 2 aromatic rings. The first kappa shape index (κ1) is 41.1. The van der Waals surface area contributed by atoms with Gasteiger partial charge < -0.3 is 10.1 Å². The van der Waals surface area contributed by atoms with Crippen LogP contribution in [0.5, 0.6) is 5.75 Å². The summed E-state index contributed by atoms with van der Waals surface area (Å²) in [6.07, 6.45) is 8.29. The predicted octanol–water partition coefficient (Wildman–Crippen LogP) is 10.3. The molecule has 2 heterocycles. The van der Waals surface area contributed by atoms with Crippen LogP contribution in [0.1, 0.15) is 88.8 Å². The summed E-state index contributed by atoms with van der Waals surface area (Å²) in [5.74, 6) is -0.0540. The van der Waals surface area contributed by atoms with Gasteiger partial charge in [0.05, 0.1) is 17.9 Å². The first-order chi connectivity index (χ1) is 24.5. The summed E-state index contributed by atoms with van der Waals surface area (Å²) in [4.78, 5) is 30.8. The smallest absolute Gasteiger partial charge is 0.419 e. The molecule has 0 atom stereocenters. The Morgan fingerprint density at radius 1 is 1.19 bits per heavy atom. The van der Waals surface area contributed by atoms with Gasteiger partial charge in [0.1, 0.15) is 17.6 Å². The van der Waals surface area contributed by atoms with E-state index in [4.69, 9.17) is 22.2 Å². The Balaban J connectivity index is 2.20. The van der Waals surface area contributed by atoms with Crippen LogP contribution in [0.15, 0.2) is 102 Å². The lowest BCUT2D eigenvalue weighted by molar-refractivity contribution is -0.138. The number of benzene rings is 1. The highest BCUT2D eigenvalue weighted by atomic mass is 32.1. The minimum atomic E-state index is -4.77. The fraction of sp³-hybridized carbons (Fsp3) is 0.286. The van der Waals surface area contributed by atoms with E-state index in [1.165, 1.54) is 25.1 Å². The van der Waals surface area contributed by atoms with Gasteiger partial charge in [0.2, 0.25) is 0 Å². The Kier molecular flexibility index (Phi) is 14.0. The molecule has 270 valence electrons. The molecule has 1 aromatic carbocycles. The predicted molar refractivity (Wildman–Crippen MR) is 205 cm³/mol. The first-order valence-corrected chi connectivity index (χ1v) is 17.1. The minimum Gasteiger partial charge on any atom is -0.493 e. The van der Waals surface area contributed by atoms with Crippen LogP contribution in [0.2, 0.25) is 0 Å². The summed E-state index contributed by atoms with van der Waals surface area (Å²) in [6, 6.07) is 7.58. The number of carbonyl (C=O) groups is 2. The highest BCUT2D eigenvalue weighted by molar-refractivity contribution is 7.81. The Hall–Kier alpha value is -5.36. The molecule has 1 amide bonds. The van der Waals surface area contributed by atoms with Crippen LogP contribution >= 0.6 is 12.2 Å². The number of nitrogens with one attached hydrogen (secondary N) is 1. The van der Waals surface area contributed by atoms with Crippen LogP contribution in [0.4, 0.5) is 13.2 Å². The molecule has 0 saturated carbocycles. The van der Waals surface area contributed by atoms with Crippen molar-refractivity contribution in [1.82, 2.24) is 10.3 Å². The van der Waals surface area contributed by atoms with Crippen molar-refractivity contribution >= 4 is 46.1 Å². The molecule has 1 aliphatic heterocycles. The second-order valence-corrected chi connectivity index (χ2v) is 13.1. The molecular formula is C42H42F3N3O3S. The molecule has 0 aliphatic carbocycles. The van der Waals surface area contributed by atoms with Gasteiger partial charge in [0.25, 0.3) is 5.91 Å². The molecule has 0 unspecified atom stereocenters. The van der Waals surface area contributed by atoms with E-state index in [0.29, 0.717) is 52.3 Å². The fourth-order valence-corrected chi connectivity index (χ4v) is 5.63. The quantitative estimate of drug-likeness (QED) is 0.0902. The molecule has 0 saturated heterocycles. The van der Waals surface area contributed by atoms with Gasteiger partial charge in [-0.2, -0.15) is 18.4 Å². The zero-order valence-corrected chi connectivity index (χ0v) is 31.1. The van der Waals surface area contributed by atoms with Crippen molar-refractivity contribution in [3.63, 3.8) is 0 Å². The molecule has 52 heavy (non-hydrogen) atoms. The number of thiocarbonyl (C=S) groups is 1. The van der Waals surface area contributed by atoms with Crippen molar-refractivity contribution in [2.75, 3.05) is 6.61 Å². The number of ketones is 1. The van der Waals surface area contributed by atoms with Gasteiger partial charge in [-0.05, 0) is 112 Å². The zero-order chi connectivity index (χ0) is 38.8. The highest BCUT2D eigenvalue weighted by Gasteiger charge is 2.35. The molecule has 6 nitrogen and oxygen atoms in total. The number of nitriles is 1. The number of hydrogen-bond acceptors (Lipinski definition) is 6. The third-order valence-corrected chi connectivity index (χ3v) is 8.76. The molecular weight excluding hydrogens is 684 g/mol. The molecule has 3 rings (SSSR count). The number of allylic oxidation sites excluding steroid dienone is 8. The number of aromatic nitrogens is 1. The summed E-state index contributed by atoms with van der Waals surface area (Å²) < 4.78 is 46.5. The molecule has 0 radical (unpaired) electrons. The van der Waals surface area contributed by atoms with Crippen molar-refractivity contribution in [2.45, 2.75) is 67.0 Å². The van der Waals surface area contributed by atoms with E-state index in [9.17, 15) is 22.8 Å². The van der Waals surface area contributed by atoms with Crippen molar-refractivity contribution in [3.8, 4) is 11.8 Å². The number of alkyl halides is 3. The SMILES string of the molecule is C=C/C(C)=C1C(=O)NC(c2cc(/C(=C/C(=S)/C=C/c3cnc(C#N)c(C(F)(F)F)c3)C(C)(C)C(C)=O)ccc2OCC)=C=C\C=C/1CC(=C)CCC. The van der Waals surface area contributed by atoms with Crippen LogP contribution in [0, 0.1) is 16.7 Å². The van der Waals surface area contributed by atoms with Crippen molar-refractivity contribution < 1.29 is 27.5 Å². The Morgan fingerprint density at radius 3 is 2.50 bits per heavy atom. The van der Waals surface area contributed by atoms with E-state index in [-0.39, 0.29) is 22.1 Å². The molecule has 0 spiro atoms. The number of ether oxygens (including phenoxy) is 1. The van der Waals surface area contributed by atoms with E-state index in [1.54, 1.807) is 50.3 Å². The van der Waals surface area contributed by atoms with Gasteiger partial charge >= 0.3 is 6.18 Å². The first-order valence-electron chi connectivity index (χ1n) is 16.7. The van der Waals surface area contributed by atoms with E-state index in [1.807, 2.05) is 19.9 Å². The average molecular weight is 726 g/mol. The number of carbonyl (C=O) groups excluding carboxylic acids is 2. The maximum atomic E-state index is 13.9. The number of rotatable bonds is 14. The standard InChI is InChI=1S/C42H42F3N3O3S/c1-9-13-26(4)20-31-14-12-15-36(48-40(50)39(31)27(5)10-2)33-22-30(17-19-38(33)51-11-3)34(41(7,8)28(6)49)23-32(52)18-16-29-21-35(42(43,44)45)37(24-46)47-25-29/h10,12,14,16-19,21-23,25H,2,4,9,11,13,20H2,1,3,5-8H3,(H,48,50)/b18-16+,31-14-,34-23-,39-27+. The Bertz CT molecular complexity index is 2030. The molecule has 0 bridgehead atoms. The lowest BCUT2D eigenvalue weighted by Crippen LogP contribution is -2.26. The summed E-state index contributed by atoms with van der Waals surface area (Å²) in [5, 5.41) is 12.1. The number of halogens is 3. The molecule has 1 aromatic heterocycles. The molecule has 1 aliphatic rings. The summed E-state index contributed by atoms with van der Waals surface area (Å²) in [6.45, 7) is 19.1. The molecule has 1 N–H and O–H groups in total. The number of amides is 1. The lowest BCUT2D eigenvalue weighted by atomic mass is 9.76. The normalized spacial score (nSPS) is 15.8. The maximum absolute atomic E-state index is 13.9. The van der Waals surface area contributed by atoms with Crippen molar-refractivity contribution in [1.29, 1.82) is 5.26 Å². The van der Waals surface area contributed by atoms with Crippen LogP contribution in [-0.4, -0.2) is 28.1 Å². The van der Waals surface area contributed by atoms with Gasteiger partial charge in [0, 0.05) is 27.6 Å². The minimum absolute atomic E-state index is 0.0866. The molecule has 10 heteroatoms. The summed E-state index contributed by atoms with van der Waals surface area (Å²) >= 11 is 5.62. The topological polar surface area (TPSA) is 92.1 Å². The van der Waals surface area contributed by atoms with E-state index in [0.717, 1.165) is 36.3 Å². The number of pyridine rings is 1. The van der Waals surface area contributed by atoms with E-state index >= 15 is 0 Å². The summed E-state index contributed by atoms with van der Waals surface area (Å²) in [7, 11) is 0. The number of nitrogens with zero attached hydrogens (tertiary/aromatic N) is 2. The van der Waals surface area contributed by atoms with Crippen LogP contribution < -0.4 is 10.1 Å². The average Bonchev–Trinajstić information content (AvgIpc) is 3.08. The van der Waals surface area contributed by atoms with Crippen LogP contribution in [-0.2, 0) is 15.8 Å². The van der Waals surface area contributed by atoms with Crippen molar-refractivity contribution in [3.05, 3.63) is 130 Å². The zero-order valence-electron chi connectivity index (χ0n) is 30.3. The maximum Gasteiger partial charge on any atom is 0.419 e. The van der Waals surface area contributed by atoms with Crippen LogP contribution in [0.3, 0.4) is 0 Å². The number of Topliss-reactive ketones (excluding diaryl/α,β-unsaturated/α-hetero) is 1. The number of hydrogen-bond donors (Lipinski definition) is 1. The van der Waals surface area contributed by atoms with Gasteiger partial charge in [-0.3, -0.25) is 9.59 Å². The van der Waals surface area contributed by atoms with Gasteiger partial charge in [-0.25, -0.2) is 4.98 Å². The highest BCUT2D eigenvalue weighted by Crippen LogP contribution is 2.39. The van der Waals surface area contributed by atoms with Gasteiger partial charge in [-0.15, -0.1) is 0 Å². The largest absolute Gasteiger partial charge is 0.493 e. The van der Waals surface area contributed by atoms with E-state index in [2.05, 4.69) is 36.1 Å². The second-order valence-electron chi connectivity index (χ2n) is 12.7. The Morgan fingerprint density at radius 2 is 1.90 bits per heavy atom. The third kappa shape index (κ3) is 10.1. The monoisotopic (exact) mass is 725 g/mol.